The fourth-order valence-corrected chi connectivity index (χ4v) is 6.03. The van der Waals surface area contributed by atoms with Crippen LogP contribution in [-0.4, -0.2) is 63.5 Å². The normalized spacial score (nSPS) is 16.0. The van der Waals surface area contributed by atoms with Crippen LogP contribution in [0.2, 0.25) is 0 Å². The van der Waals surface area contributed by atoms with E-state index in [1.165, 1.54) is 23.1 Å². The second-order valence-electron chi connectivity index (χ2n) is 8.54. The number of hydrogen-bond acceptors (Lipinski definition) is 7. The molecule has 0 bridgehead atoms. The molecule has 1 saturated carbocycles. The first-order chi connectivity index (χ1) is 16.5. The van der Waals surface area contributed by atoms with Gasteiger partial charge in [-0.15, -0.1) is 21.5 Å². The summed E-state index contributed by atoms with van der Waals surface area (Å²) >= 11 is 2.81. The van der Waals surface area contributed by atoms with Crippen molar-refractivity contribution in [1.82, 2.24) is 19.7 Å². The van der Waals surface area contributed by atoms with E-state index in [0.29, 0.717) is 42.8 Å². The maximum atomic E-state index is 13.5. The lowest BCUT2D eigenvalue weighted by Crippen LogP contribution is -2.41. The number of thioether (sulfide) groups is 1. The van der Waals surface area contributed by atoms with E-state index < -0.39 is 0 Å². The SMILES string of the molecule is Cc1c(-c2ccccc2)sc(NC(=O)CSc2nnc(C3CC3)n2C)c1C(=O)N1CCOCC1. The largest absolute Gasteiger partial charge is 0.378 e. The maximum absolute atomic E-state index is 13.5. The number of nitrogens with one attached hydrogen (secondary N) is 1. The number of benzene rings is 1. The maximum Gasteiger partial charge on any atom is 0.257 e. The van der Waals surface area contributed by atoms with Crippen LogP contribution in [0.15, 0.2) is 35.5 Å². The monoisotopic (exact) mass is 497 g/mol. The van der Waals surface area contributed by atoms with Crippen molar-refractivity contribution in [1.29, 1.82) is 0 Å². The molecule has 0 spiro atoms. The first kappa shape index (κ1) is 23.1. The Morgan fingerprint density at radius 2 is 1.91 bits per heavy atom. The van der Waals surface area contributed by atoms with E-state index in [2.05, 4.69) is 15.5 Å². The second-order valence-corrected chi connectivity index (χ2v) is 10.5. The zero-order valence-corrected chi connectivity index (χ0v) is 20.9. The Hall–Kier alpha value is -2.69. The smallest absolute Gasteiger partial charge is 0.257 e. The number of thiophene rings is 1. The van der Waals surface area contributed by atoms with Crippen LogP contribution in [0.1, 0.15) is 40.5 Å². The van der Waals surface area contributed by atoms with Crippen LogP contribution in [-0.2, 0) is 16.6 Å². The minimum atomic E-state index is -0.169. The fourth-order valence-electron chi connectivity index (χ4n) is 4.09. The van der Waals surface area contributed by atoms with Crippen LogP contribution < -0.4 is 5.32 Å². The third-order valence-corrected chi connectivity index (χ3v) is 8.37. The van der Waals surface area contributed by atoms with Gasteiger partial charge in [-0.1, -0.05) is 42.1 Å². The van der Waals surface area contributed by atoms with E-state index in [9.17, 15) is 9.59 Å². The molecule has 3 heterocycles. The molecule has 3 aromatic rings. The molecule has 2 fully saturated rings. The Morgan fingerprint density at radius 1 is 1.18 bits per heavy atom. The van der Waals surface area contributed by atoms with Crippen LogP contribution in [0, 0.1) is 6.92 Å². The van der Waals surface area contributed by atoms with E-state index in [1.807, 2.05) is 48.9 Å². The first-order valence-corrected chi connectivity index (χ1v) is 13.2. The van der Waals surface area contributed by atoms with Crippen molar-refractivity contribution in [3.8, 4) is 10.4 Å². The van der Waals surface area contributed by atoms with Crippen LogP contribution in [0.25, 0.3) is 10.4 Å². The first-order valence-electron chi connectivity index (χ1n) is 11.4. The van der Waals surface area contributed by atoms with E-state index in [4.69, 9.17) is 4.74 Å². The topological polar surface area (TPSA) is 89.3 Å². The lowest BCUT2D eigenvalue weighted by molar-refractivity contribution is -0.113. The molecule has 0 unspecified atom stereocenters. The molecule has 1 aliphatic heterocycles. The van der Waals surface area contributed by atoms with Crippen molar-refractivity contribution < 1.29 is 14.3 Å². The molecule has 34 heavy (non-hydrogen) atoms. The number of hydrogen-bond donors (Lipinski definition) is 1. The van der Waals surface area contributed by atoms with Crippen LogP contribution in [0.5, 0.6) is 0 Å². The van der Waals surface area contributed by atoms with E-state index in [-0.39, 0.29) is 17.6 Å². The number of amides is 2. The van der Waals surface area contributed by atoms with E-state index >= 15 is 0 Å². The van der Waals surface area contributed by atoms with E-state index in [0.717, 1.165) is 39.8 Å². The number of nitrogens with zero attached hydrogens (tertiary/aromatic N) is 4. The summed E-state index contributed by atoms with van der Waals surface area (Å²) in [6, 6.07) is 9.96. The summed E-state index contributed by atoms with van der Waals surface area (Å²) in [6.45, 7) is 4.11. The number of anilines is 1. The summed E-state index contributed by atoms with van der Waals surface area (Å²) in [5.74, 6) is 1.45. The summed E-state index contributed by atoms with van der Waals surface area (Å²) in [6.07, 6.45) is 2.30. The highest BCUT2D eigenvalue weighted by atomic mass is 32.2. The Balaban J connectivity index is 1.36. The third-order valence-electron chi connectivity index (χ3n) is 6.09. The second kappa shape index (κ2) is 9.89. The molecule has 1 aromatic carbocycles. The Bertz CT molecular complexity index is 1200. The average Bonchev–Trinajstić information content (AvgIpc) is 3.56. The summed E-state index contributed by atoms with van der Waals surface area (Å²) in [7, 11) is 1.95. The zero-order valence-electron chi connectivity index (χ0n) is 19.2. The number of ether oxygens (including phenoxy) is 1. The third kappa shape index (κ3) is 4.75. The Morgan fingerprint density at radius 3 is 2.62 bits per heavy atom. The Labute approximate surface area is 206 Å². The minimum absolute atomic E-state index is 0.0652. The molecular weight excluding hydrogens is 470 g/mol. The molecule has 1 aliphatic carbocycles. The zero-order chi connectivity index (χ0) is 23.7. The van der Waals surface area contributed by atoms with Gasteiger partial charge in [-0.2, -0.15) is 0 Å². The van der Waals surface area contributed by atoms with Gasteiger partial charge >= 0.3 is 0 Å². The average molecular weight is 498 g/mol. The van der Waals surface area contributed by atoms with Crippen molar-refractivity contribution in [2.45, 2.75) is 30.8 Å². The van der Waals surface area contributed by atoms with Crippen molar-refractivity contribution in [3.05, 3.63) is 47.3 Å². The minimum Gasteiger partial charge on any atom is -0.378 e. The van der Waals surface area contributed by atoms with Crippen molar-refractivity contribution >= 4 is 39.9 Å². The van der Waals surface area contributed by atoms with Crippen molar-refractivity contribution in [2.75, 3.05) is 37.4 Å². The van der Waals surface area contributed by atoms with Gasteiger partial charge in [0.25, 0.3) is 5.91 Å². The number of morpholine rings is 1. The number of aromatic nitrogens is 3. The molecule has 2 aromatic heterocycles. The molecule has 5 rings (SSSR count). The molecule has 1 saturated heterocycles. The van der Waals surface area contributed by atoms with Crippen molar-refractivity contribution in [2.24, 2.45) is 7.05 Å². The molecule has 10 heteroatoms. The van der Waals surface area contributed by atoms with Gasteiger partial charge in [0.15, 0.2) is 5.16 Å². The highest BCUT2D eigenvalue weighted by molar-refractivity contribution is 7.99. The van der Waals surface area contributed by atoms with Gasteiger partial charge < -0.3 is 19.5 Å². The molecule has 8 nitrogen and oxygen atoms in total. The molecule has 178 valence electrons. The summed E-state index contributed by atoms with van der Waals surface area (Å²) in [4.78, 5) is 29.2. The predicted molar refractivity (Wildman–Crippen MR) is 134 cm³/mol. The summed E-state index contributed by atoms with van der Waals surface area (Å²) in [5.41, 5.74) is 2.49. The van der Waals surface area contributed by atoms with Gasteiger partial charge in [-0.25, -0.2) is 0 Å². The van der Waals surface area contributed by atoms with Crippen LogP contribution in [0.4, 0.5) is 5.00 Å². The van der Waals surface area contributed by atoms with Gasteiger partial charge in [-0.3, -0.25) is 9.59 Å². The number of rotatable bonds is 7. The van der Waals surface area contributed by atoms with E-state index in [1.54, 1.807) is 4.90 Å². The molecule has 1 N–H and O–H groups in total. The van der Waals surface area contributed by atoms with Gasteiger partial charge in [0.05, 0.1) is 24.5 Å². The summed E-state index contributed by atoms with van der Waals surface area (Å²) in [5, 5.41) is 12.9. The molecule has 0 radical (unpaired) electrons. The lowest BCUT2D eigenvalue weighted by Gasteiger charge is -2.27. The molecule has 2 aliphatic rings. The molecule has 2 amide bonds. The fraction of sp³-hybridized carbons (Fsp3) is 0.417. The highest BCUT2D eigenvalue weighted by Crippen LogP contribution is 2.41. The van der Waals surface area contributed by atoms with Crippen LogP contribution in [0.3, 0.4) is 0 Å². The molecule has 0 atom stereocenters. The summed E-state index contributed by atoms with van der Waals surface area (Å²) < 4.78 is 7.39. The number of carbonyl (C=O) groups excluding carboxylic acids is 2. The number of carbonyl (C=O) groups is 2. The predicted octanol–water partition coefficient (Wildman–Crippen LogP) is 3.93. The Kier molecular flexibility index (Phi) is 6.71. The van der Waals surface area contributed by atoms with Gasteiger partial charge in [0.2, 0.25) is 5.91 Å². The standard InChI is InChI=1S/C24H27N5O3S2/c1-15-19(23(31)29-10-12-32-13-11-29)22(34-20(15)16-6-4-3-5-7-16)25-18(30)14-33-24-27-26-21(28(24)2)17-8-9-17/h3-7,17H,8-14H2,1-2H3,(H,25,30). The van der Waals surface area contributed by atoms with Crippen molar-refractivity contribution in [3.63, 3.8) is 0 Å². The molecular formula is C24H27N5O3S2. The van der Waals surface area contributed by atoms with Gasteiger partial charge in [0.1, 0.15) is 10.8 Å². The van der Waals surface area contributed by atoms with Gasteiger partial charge in [-0.05, 0) is 30.9 Å². The van der Waals surface area contributed by atoms with Crippen LogP contribution >= 0.6 is 23.1 Å². The highest BCUT2D eigenvalue weighted by Gasteiger charge is 2.30. The lowest BCUT2D eigenvalue weighted by atomic mass is 10.1. The quantitative estimate of drug-likeness (QED) is 0.498. The van der Waals surface area contributed by atoms with Gasteiger partial charge in [0, 0.05) is 30.9 Å².